The monoisotopic (exact) mass is 346 g/mol. The lowest BCUT2D eigenvalue weighted by Gasteiger charge is -2.09. The van der Waals surface area contributed by atoms with Crippen LogP contribution < -0.4 is 15.4 Å². The third-order valence-electron chi connectivity index (χ3n) is 4.05. The Balaban J connectivity index is 1.60. The van der Waals surface area contributed by atoms with E-state index in [4.69, 9.17) is 4.74 Å². The van der Waals surface area contributed by atoms with Gasteiger partial charge in [0.05, 0.1) is 12.8 Å². The van der Waals surface area contributed by atoms with Crippen molar-refractivity contribution in [1.82, 2.24) is 5.32 Å². The molecular weight excluding hydrogens is 330 g/mol. The highest BCUT2D eigenvalue weighted by atomic mass is 19.2. The second kappa shape index (κ2) is 6.88. The van der Waals surface area contributed by atoms with Crippen LogP contribution in [0.3, 0.4) is 0 Å². The van der Waals surface area contributed by atoms with Gasteiger partial charge in [0, 0.05) is 12.0 Å². The van der Waals surface area contributed by atoms with Crippen molar-refractivity contribution in [2.75, 3.05) is 12.4 Å². The number of halogens is 2. The lowest BCUT2D eigenvalue weighted by atomic mass is 10.1. The summed E-state index contributed by atoms with van der Waals surface area (Å²) in [5.74, 6) is -3.48. The predicted octanol–water partition coefficient (Wildman–Crippen LogP) is 2.58. The molecule has 2 N–H and O–H groups in total. The fourth-order valence-corrected chi connectivity index (χ4v) is 2.68. The van der Waals surface area contributed by atoms with E-state index in [1.807, 2.05) is 24.3 Å². The van der Waals surface area contributed by atoms with Gasteiger partial charge in [-0.25, -0.2) is 8.78 Å². The molecule has 2 aromatic carbocycles. The van der Waals surface area contributed by atoms with Crippen molar-refractivity contribution in [1.29, 1.82) is 0 Å². The minimum absolute atomic E-state index is 0.0544. The van der Waals surface area contributed by atoms with E-state index in [9.17, 15) is 18.4 Å². The zero-order chi connectivity index (χ0) is 18.0. The Kier molecular flexibility index (Phi) is 4.65. The molecule has 1 fully saturated rings. The van der Waals surface area contributed by atoms with E-state index < -0.39 is 23.4 Å². The van der Waals surface area contributed by atoms with Crippen molar-refractivity contribution in [3.63, 3.8) is 0 Å². The first-order chi connectivity index (χ1) is 12.0. The van der Waals surface area contributed by atoms with Crippen molar-refractivity contribution >= 4 is 17.5 Å². The Labute approximate surface area is 143 Å². The number of ether oxygens (including phenoxy) is 1. The summed E-state index contributed by atoms with van der Waals surface area (Å²) in [5.41, 5.74) is 0.573. The molecule has 0 aromatic heterocycles. The molecule has 2 amide bonds. The van der Waals surface area contributed by atoms with Gasteiger partial charge in [0.2, 0.25) is 0 Å². The average Bonchev–Trinajstić information content (AvgIpc) is 3.37. The number of rotatable bonds is 4. The van der Waals surface area contributed by atoms with E-state index in [1.54, 1.807) is 7.11 Å². The maximum atomic E-state index is 13.5. The Bertz CT molecular complexity index is 826. The number of hydrogen-bond acceptors (Lipinski definition) is 3. The quantitative estimate of drug-likeness (QED) is 0.836. The molecule has 0 radical (unpaired) electrons. The highest BCUT2D eigenvalue weighted by molar-refractivity contribution is 6.39. The molecular formula is C18H16F2N2O3. The summed E-state index contributed by atoms with van der Waals surface area (Å²) in [4.78, 5) is 23.8. The molecule has 5 nitrogen and oxygen atoms in total. The van der Waals surface area contributed by atoms with Gasteiger partial charge in [-0.15, -0.1) is 0 Å². The number of para-hydroxylation sites is 1. The highest BCUT2D eigenvalue weighted by Crippen LogP contribution is 2.44. The van der Waals surface area contributed by atoms with E-state index in [-0.39, 0.29) is 17.6 Å². The summed E-state index contributed by atoms with van der Waals surface area (Å²) in [6, 6.07) is 10.6. The molecule has 1 saturated carbocycles. The van der Waals surface area contributed by atoms with E-state index in [0.29, 0.717) is 6.42 Å². The van der Waals surface area contributed by atoms with Gasteiger partial charge in [-0.1, -0.05) is 24.3 Å². The Morgan fingerprint density at radius 3 is 2.60 bits per heavy atom. The first-order valence-corrected chi connectivity index (χ1v) is 7.70. The van der Waals surface area contributed by atoms with Crippen molar-refractivity contribution in [3.8, 4) is 5.75 Å². The van der Waals surface area contributed by atoms with Crippen molar-refractivity contribution in [2.45, 2.75) is 18.4 Å². The molecule has 130 valence electrons. The number of amides is 2. The minimum Gasteiger partial charge on any atom is -0.496 e. The molecule has 0 heterocycles. The zero-order valence-corrected chi connectivity index (χ0v) is 13.4. The van der Waals surface area contributed by atoms with Gasteiger partial charge in [0.15, 0.2) is 11.6 Å². The van der Waals surface area contributed by atoms with Gasteiger partial charge in [-0.05, 0) is 30.2 Å². The van der Waals surface area contributed by atoms with Gasteiger partial charge >= 0.3 is 11.8 Å². The second-order valence-electron chi connectivity index (χ2n) is 5.72. The molecule has 7 heteroatoms. The lowest BCUT2D eigenvalue weighted by Crippen LogP contribution is -2.37. The van der Waals surface area contributed by atoms with Crippen LogP contribution in [0.15, 0.2) is 42.5 Å². The topological polar surface area (TPSA) is 67.4 Å². The third-order valence-corrected chi connectivity index (χ3v) is 4.05. The number of carbonyl (C=O) groups is 2. The molecule has 25 heavy (non-hydrogen) atoms. The molecule has 2 atom stereocenters. The molecule has 0 saturated heterocycles. The van der Waals surface area contributed by atoms with Crippen LogP contribution in [0.5, 0.6) is 5.75 Å². The maximum absolute atomic E-state index is 13.5. The fourth-order valence-electron chi connectivity index (χ4n) is 2.68. The molecule has 2 aromatic rings. The van der Waals surface area contributed by atoms with E-state index in [1.165, 1.54) is 12.1 Å². The van der Waals surface area contributed by atoms with E-state index in [2.05, 4.69) is 10.6 Å². The van der Waals surface area contributed by atoms with Gasteiger partial charge in [-0.3, -0.25) is 9.59 Å². The number of methoxy groups -OCH3 is 1. The van der Waals surface area contributed by atoms with Crippen molar-refractivity contribution in [2.24, 2.45) is 0 Å². The Morgan fingerprint density at radius 2 is 1.84 bits per heavy atom. The second-order valence-corrected chi connectivity index (χ2v) is 5.72. The summed E-state index contributed by atoms with van der Waals surface area (Å²) in [5, 5.41) is 4.66. The number of hydrogen-bond donors (Lipinski definition) is 2. The summed E-state index contributed by atoms with van der Waals surface area (Å²) < 4.78 is 31.9. The van der Waals surface area contributed by atoms with Crippen molar-refractivity contribution in [3.05, 3.63) is 59.7 Å². The standard InChI is InChI=1S/C18H16F2N2O3/c1-25-15-8-3-2-5-10(15)11-9-14(11)22-18(24)17(23)21-13-7-4-6-12(19)16(13)20/h2-8,11,14H,9H2,1H3,(H,21,23)(H,22,24)/t11-,14+/m0/s1. The predicted molar refractivity (Wildman–Crippen MR) is 87.3 cm³/mol. The van der Waals surface area contributed by atoms with E-state index in [0.717, 1.165) is 17.4 Å². The van der Waals surface area contributed by atoms with Crippen LogP contribution in [0, 0.1) is 11.6 Å². The number of anilines is 1. The van der Waals surface area contributed by atoms with Gasteiger partial charge in [-0.2, -0.15) is 0 Å². The van der Waals surface area contributed by atoms with Crippen LogP contribution in [0.2, 0.25) is 0 Å². The normalized spacial score (nSPS) is 18.4. The molecule has 3 rings (SSSR count). The van der Waals surface area contributed by atoms with Crippen LogP contribution in [0.1, 0.15) is 17.9 Å². The van der Waals surface area contributed by atoms with Gasteiger partial charge < -0.3 is 15.4 Å². The SMILES string of the molecule is COc1ccccc1[C@@H]1C[C@H]1NC(=O)C(=O)Nc1cccc(F)c1F. The van der Waals surface area contributed by atoms with Crippen LogP contribution in [0.25, 0.3) is 0 Å². The first-order valence-electron chi connectivity index (χ1n) is 7.70. The number of carbonyl (C=O) groups excluding carboxylic acids is 2. The summed E-state index contributed by atoms with van der Waals surface area (Å²) >= 11 is 0. The summed E-state index contributed by atoms with van der Waals surface area (Å²) in [7, 11) is 1.57. The largest absolute Gasteiger partial charge is 0.496 e. The number of nitrogens with one attached hydrogen (secondary N) is 2. The molecule has 0 spiro atoms. The van der Waals surface area contributed by atoms with Crippen LogP contribution >= 0.6 is 0 Å². The fraction of sp³-hybridized carbons (Fsp3) is 0.222. The smallest absolute Gasteiger partial charge is 0.313 e. The molecule has 0 unspecified atom stereocenters. The third kappa shape index (κ3) is 3.60. The van der Waals surface area contributed by atoms with Crippen LogP contribution in [-0.4, -0.2) is 25.0 Å². The summed E-state index contributed by atoms with van der Waals surface area (Å²) in [6.45, 7) is 0. The molecule has 1 aliphatic rings. The zero-order valence-electron chi connectivity index (χ0n) is 13.4. The van der Waals surface area contributed by atoms with E-state index >= 15 is 0 Å². The van der Waals surface area contributed by atoms with Gasteiger partial charge in [0.1, 0.15) is 5.75 Å². The first kappa shape index (κ1) is 16.9. The highest BCUT2D eigenvalue weighted by Gasteiger charge is 2.42. The lowest BCUT2D eigenvalue weighted by molar-refractivity contribution is -0.136. The average molecular weight is 346 g/mol. The number of benzene rings is 2. The Morgan fingerprint density at radius 1 is 1.08 bits per heavy atom. The van der Waals surface area contributed by atoms with Gasteiger partial charge in [0.25, 0.3) is 0 Å². The maximum Gasteiger partial charge on any atom is 0.313 e. The molecule has 0 bridgehead atoms. The summed E-state index contributed by atoms with van der Waals surface area (Å²) in [6.07, 6.45) is 0.674. The van der Waals surface area contributed by atoms with Crippen LogP contribution in [0.4, 0.5) is 14.5 Å². The van der Waals surface area contributed by atoms with Crippen molar-refractivity contribution < 1.29 is 23.1 Å². The Hall–Kier alpha value is -2.96. The molecule has 1 aliphatic carbocycles. The molecule has 0 aliphatic heterocycles. The van der Waals surface area contributed by atoms with Crippen LogP contribution in [-0.2, 0) is 9.59 Å². The minimum atomic E-state index is -1.21.